The Morgan fingerprint density at radius 2 is 1.77 bits per heavy atom. The highest BCUT2D eigenvalue weighted by Crippen LogP contribution is 2.45. The lowest BCUT2D eigenvalue weighted by Gasteiger charge is -2.36. The van der Waals surface area contributed by atoms with Gasteiger partial charge in [0.1, 0.15) is 6.61 Å². The zero-order chi connectivity index (χ0) is 24.9. The number of nitrogens with zero attached hydrogens (tertiary/aromatic N) is 1. The minimum absolute atomic E-state index is 0.0277. The van der Waals surface area contributed by atoms with Crippen molar-refractivity contribution in [2.24, 2.45) is 0 Å². The number of ether oxygens (including phenoxy) is 2. The molecule has 4 rings (SSSR count). The average molecular weight is 477 g/mol. The van der Waals surface area contributed by atoms with Crippen LogP contribution in [0.15, 0.2) is 77.1 Å². The zero-order valence-corrected chi connectivity index (χ0v) is 19.8. The number of Topliss-reactive ketones (excluding diaryl/α,β-unsaturated/α-hetero) is 1. The number of ketones is 1. The molecule has 1 aliphatic carbocycles. The van der Waals surface area contributed by atoms with Crippen LogP contribution in [-0.4, -0.2) is 36.5 Å². The van der Waals surface area contributed by atoms with Crippen LogP contribution in [0.2, 0.25) is 0 Å². The first kappa shape index (κ1) is 24.3. The first-order valence-electron chi connectivity index (χ1n) is 11.7. The minimum Gasteiger partial charge on any atom is -0.460 e. The average Bonchev–Trinajstić information content (AvgIpc) is 2.86. The second-order valence-electron chi connectivity index (χ2n) is 8.61. The number of dihydropyridines is 1. The van der Waals surface area contributed by atoms with Gasteiger partial charge < -0.3 is 14.8 Å². The number of hydrogen-bond donors (Lipinski definition) is 1. The van der Waals surface area contributed by atoms with Gasteiger partial charge in [0.15, 0.2) is 5.78 Å². The summed E-state index contributed by atoms with van der Waals surface area (Å²) in [5, 5.41) is 14.5. The van der Waals surface area contributed by atoms with Crippen LogP contribution in [0.25, 0.3) is 0 Å². The number of esters is 1. The lowest BCUT2D eigenvalue weighted by Crippen LogP contribution is -2.36. The van der Waals surface area contributed by atoms with Crippen LogP contribution in [0, 0.1) is 10.1 Å². The van der Waals surface area contributed by atoms with Crippen LogP contribution in [0.4, 0.5) is 5.69 Å². The minimum atomic E-state index is -0.670. The molecule has 8 nitrogen and oxygen atoms in total. The number of nitrogens with one attached hydrogen (secondary N) is 1. The van der Waals surface area contributed by atoms with Crippen LogP contribution >= 0.6 is 0 Å². The smallest absolute Gasteiger partial charge is 0.336 e. The molecule has 2 atom stereocenters. The Labute approximate surface area is 203 Å². The highest BCUT2D eigenvalue weighted by Gasteiger charge is 2.41. The maximum atomic E-state index is 13.5. The van der Waals surface area contributed by atoms with Gasteiger partial charge in [0.05, 0.1) is 17.1 Å². The van der Waals surface area contributed by atoms with E-state index in [2.05, 4.69) is 5.32 Å². The second kappa shape index (κ2) is 10.7. The molecule has 0 radical (unpaired) electrons. The Hall–Kier alpha value is -3.78. The summed E-state index contributed by atoms with van der Waals surface area (Å²) >= 11 is 0. The first-order valence-corrected chi connectivity index (χ1v) is 11.7. The first-order chi connectivity index (χ1) is 16.9. The van der Waals surface area contributed by atoms with Gasteiger partial charge in [-0.25, -0.2) is 4.79 Å². The lowest BCUT2D eigenvalue weighted by molar-refractivity contribution is -0.384. The third-order valence-electron chi connectivity index (χ3n) is 6.42. The van der Waals surface area contributed by atoms with Crippen LogP contribution in [0.1, 0.15) is 49.7 Å². The molecule has 0 bridgehead atoms. The molecule has 0 saturated heterocycles. The normalized spacial score (nSPS) is 19.8. The van der Waals surface area contributed by atoms with E-state index in [1.807, 2.05) is 37.3 Å². The molecule has 8 heteroatoms. The largest absolute Gasteiger partial charge is 0.460 e. The number of nitro groups is 1. The Kier molecular flexibility index (Phi) is 7.41. The van der Waals surface area contributed by atoms with Gasteiger partial charge in [-0.2, -0.15) is 0 Å². The molecule has 2 aromatic rings. The number of rotatable bonds is 8. The molecule has 2 aromatic carbocycles. The fourth-order valence-electron chi connectivity index (χ4n) is 4.81. The molecule has 0 unspecified atom stereocenters. The topological polar surface area (TPSA) is 108 Å². The number of carbonyl (C=O) groups is 2. The van der Waals surface area contributed by atoms with Crippen molar-refractivity contribution in [1.82, 2.24) is 5.32 Å². The van der Waals surface area contributed by atoms with E-state index in [4.69, 9.17) is 9.47 Å². The van der Waals surface area contributed by atoms with Crippen LogP contribution in [0.5, 0.6) is 0 Å². The molecule has 0 spiro atoms. The summed E-state index contributed by atoms with van der Waals surface area (Å²) in [5.74, 6) is -1.23. The fourth-order valence-corrected chi connectivity index (χ4v) is 4.81. The van der Waals surface area contributed by atoms with Crippen molar-refractivity contribution < 1.29 is 24.0 Å². The van der Waals surface area contributed by atoms with E-state index >= 15 is 0 Å². The quantitative estimate of drug-likeness (QED) is 0.258. The molecule has 182 valence electrons. The predicted octanol–water partition coefficient (Wildman–Crippen LogP) is 4.54. The van der Waals surface area contributed by atoms with Gasteiger partial charge in [-0.15, -0.1) is 0 Å². The van der Waals surface area contributed by atoms with Crippen LogP contribution in [-0.2, 0) is 19.1 Å². The Balaban J connectivity index is 1.72. The lowest BCUT2D eigenvalue weighted by atomic mass is 9.71. The van der Waals surface area contributed by atoms with E-state index in [0.717, 1.165) is 11.3 Å². The number of allylic oxidation sites excluding steroid dienone is 3. The summed E-state index contributed by atoms with van der Waals surface area (Å²) in [5.41, 5.74) is 3.90. The molecule has 35 heavy (non-hydrogen) atoms. The summed E-state index contributed by atoms with van der Waals surface area (Å²) in [6.07, 6.45) is 0.943. The SMILES string of the molecule is CCOCCOC(=O)C1=C(C)NC2=C(C(=O)C[C@@H](c3ccccc3)C2)[C@H]1c1ccc([N+](=O)[O-])cc1. The number of hydrogen-bond acceptors (Lipinski definition) is 7. The van der Waals surface area contributed by atoms with E-state index < -0.39 is 16.8 Å². The maximum Gasteiger partial charge on any atom is 0.336 e. The number of carbonyl (C=O) groups excluding carboxylic acids is 2. The third kappa shape index (κ3) is 5.17. The summed E-state index contributed by atoms with van der Waals surface area (Å²) in [4.78, 5) is 37.4. The summed E-state index contributed by atoms with van der Waals surface area (Å²) < 4.78 is 10.7. The van der Waals surface area contributed by atoms with Gasteiger partial charge in [-0.1, -0.05) is 42.5 Å². The summed E-state index contributed by atoms with van der Waals surface area (Å²) in [6, 6.07) is 15.9. The highest BCUT2D eigenvalue weighted by atomic mass is 16.6. The summed E-state index contributed by atoms with van der Waals surface area (Å²) in [6.45, 7) is 4.52. The Bertz CT molecular complexity index is 1180. The van der Waals surface area contributed by atoms with Crippen molar-refractivity contribution in [2.45, 2.75) is 38.5 Å². The monoisotopic (exact) mass is 476 g/mol. The van der Waals surface area contributed by atoms with Crippen LogP contribution in [0.3, 0.4) is 0 Å². The molecular weight excluding hydrogens is 448 g/mol. The van der Waals surface area contributed by atoms with Gasteiger partial charge >= 0.3 is 5.97 Å². The van der Waals surface area contributed by atoms with Gasteiger partial charge in [0.25, 0.3) is 5.69 Å². The van der Waals surface area contributed by atoms with E-state index in [0.29, 0.717) is 41.9 Å². The van der Waals surface area contributed by atoms with Gasteiger partial charge in [-0.3, -0.25) is 14.9 Å². The van der Waals surface area contributed by atoms with Crippen molar-refractivity contribution in [3.63, 3.8) is 0 Å². The molecule has 0 aromatic heterocycles. The van der Waals surface area contributed by atoms with Gasteiger partial charge in [0, 0.05) is 48.0 Å². The van der Waals surface area contributed by atoms with Crippen molar-refractivity contribution in [3.8, 4) is 0 Å². The molecule has 0 amide bonds. The Morgan fingerprint density at radius 1 is 1.06 bits per heavy atom. The van der Waals surface area contributed by atoms with Crippen molar-refractivity contribution in [1.29, 1.82) is 0 Å². The van der Waals surface area contributed by atoms with Crippen molar-refractivity contribution in [2.75, 3.05) is 19.8 Å². The predicted molar refractivity (Wildman–Crippen MR) is 130 cm³/mol. The molecular formula is C27H28N2O6. The van der Waals surface area contributed by atoms with E-state index in [1.165, 1.54) is 12.1 Å². The van der Waals surface area contributed by atoms with Crippen molar-refractivity contribution >= 4 is 17.4 Å². The van der Waals surface area contributed by atoms with Crippen LogP contribution < -0.4 is 5.32 Å². The summed E-state index contributed by atoms with van der Waals surface area (Å²) in [7, 11) is 0. The molecule has 0 fully saturated rings. The standard InChI is InChI=1S/C27H28N2O6/c1-3-34-13-14-35-27(31)24-17(2)28-22-15-20(18-7-5-4-6-8-18)16-23(30)26(22)25(24)19-9-11-21(12-10-19)29(32)33/h4-12,20,25,28H,3,13-16H2,1-2H3/t20-,25-/m0/s1. The second-order valence-corrected chi connectivity index (χ2v) is 8.61. The molecule has 2 aliphatic rings. The molecule has 1 N–H and O–H groups in total. The Morgan fingerprint density at radius 3 is 2.43 bits per heavy atom. The molecule has 1 heterocycles. The maximum absolute atomic E-state index is 13.5. The number of nitro benzene ring substituents is 1. The molecule has 0 saturated carbocycles. The van der Waals surface area contributed by atoms with E-state index in [1.54, 1.807) is 19.1 Å². The van der Waals surface area contributed by atoms with Gasteiger partial charge in [-0.05, 0) is 37.3 Å². The molecule has 1 aliphatic heterocycles. The number of benzene rings is 2. The third-order valence-corrected chi connectivity index (χ3v) is 6.42. The highest BCUT2D eigenvalue weighted by molar-refractivity contribution is 6.04. The van der Waals surface area contributed by atoms with E-state index in [9.17, 15) is 19.7 Å². The van der Waals surface area contributed by atoms with Gasteiger partial charge in [0.2, 0.25) is 0 Å². The van der Waals surface area contributed by atoms with E-state index in [-0.39, 0.29) is 30.6 Å². The van der Waals surface area contributed by atoms with Crippen molar-refractivity contribution in [3.05, 3.63) is 98.4 Å². The zero-order valence-electron chi connectivity index (χ0n) is 19.8. The number of non-ortho nitro benzene ring substituents is 1. The fraction of sp³-hybridized carbons (Fsp3) is 0.333.